The molecule has 23 heavy (non-hydrogen) atoms. The fourth-order valence-corrected chi connectivity index (χ4v) is 4.46. The van der Waals surface area contributed by atoms with Crippen molar-refractivity contribution in [3.05, 3.63) is 17.7 Å². The monoisotopic (exact) mass is 316 g/mol. The first kappa shape index (κ1) is 15.6. The summed E-state index contributed by atoms with van der Waals surface area (Å²) in [7, 11) is 0. The van der Waals surface area contributed by atoms with Gasteiger partial charge in [-0.1, -0.05) is 13.3 Å². The number of nitrogens with one attached hydrogen (secondary N) is 1. The Morgan fingerprint density at radius 3 is 2.91 bits per heavy atom. The van der Waals surface area contributed by atoms with Gasteiger partial charge in [-0.25, -0.2) is 4.98 Å². The molecule has 3 aliphatic heterocycles. The number of rotatable bonds is 7. The van der Waals surface area contributed by atoms with Crippen LogP contribution in [0.25, 0.3) is 0 Å². The summed E-state index contributed by atoms with van der Waals surface area (Å²) in [5.41, 5.74) is 1.31. The summed E-state index contributed by atoms with van der Waals surface area (Å²) >= 11 is 0. The van der Waals surface area contributed by atoms with Gasteiger partial charge in [0.05, 0.1) is 0 Å². The summed E-state index contributed by atoms with van der Waals surface area (Å²) in [5, 5.41) is 0. The molecule has 1 aromatic rings. The predicted octanol–water partition coefficient (Wildman–Crippen LogP) is 3.06. The quantitative estimate of drug-likeness (QED) is 0.840. The summed E-state index contributed by atoms with van der Waals surface area (Å²) in [6.45, 7) is 8.56. The highest BCUT2D eigenvalue weighted by Crippen LogP contribution is 2.35. The molecular weight excluding hydrogens is 284 g/mol. The van der Waals surface area contributed by atoms with E-state index in [4.69, 9.17) is 0 Å². The van der Waals surface area contributed by atoms with Crippen LogP contribution in [0.15, 0.2) is 6.20 Å². The third-order valence-electron chi connectivity index (χ3n) is 5.93. The van der Waals surface area contributed by atoms with Crippen LogP contribution < -0.4 is 0 Å². The Hall–Kier alpha value is -0.870. The van der Waals surface area contributed by atoms with E-state index in [1.807, 2.05) is 0 Å². The number of fused-ring (bicyclic) bond motifs is 4. The number of hydrogen-bond acceptors (Lipinski definition) is 3. The molecule has 4 heteroatoms. The summed E-state index contributed by atoms with van der Waals surface area (Å²) in [4.78, 5) is 13.6. The molecule has 1 N–H and O–H groups in total. The molecule has 1 aromatic heterocycles. The number of nitrogens with zero attached hydrogens (tertiary/aromatic N) is 3. The standard InChI is InChI=1S/C19H32N4/c1-2-3-4-19-20-9-17(21-19)13-22-10-16-7-8-18(14-22)23(12-16)11-15-5-6-15/h9,15-16,18H,2-8,10-14H2,1H3,(H,20,21)/t16-,18+/m1/s1. The Morgan fingerprint density at radius 2 is 2.09 bits per heavy atom. The number of imidazole rings is 1. The van der Waals surface area contributed by atoms with Crippen molar-refractivity contribution in [3.63, 3.8) is 0 Å². The second-order valence-electron chi connectivity index (χ2n) is 8.15. The summed E-state index contributed by atoms with van der Waals surface area (Å²) in [6, 6.07) is 0.803. The molecule has 3 saturated heterocycles. The van der Waals surface area contributed by atoms with Crippen LogP contribution in [0.5, 0.6) is 0 Å². The van der Waals surface area contributed by atoms with E-state index in [1.54, 1.807) is 0 Å². The van der Waals surface area contributed by atoms with E-state index >= 15 is 0 Å². The third kappa shape index (κ3) is 3.97. The van der Waals surface area contributed by atoms with Gasteiger partial charge < -0.3 is 4.98 Å². The lowest BCUT2D eigenvalue weighted by molar-refractivity contribution is 0.125. The highest BCUT2D eigenvalue weighted by molar-refractivity contribution is 5.03. The Kier molecular flexibility index (Phi) is 4.72. The van der Waals surface area contributed by atoms with Crippen LogP contribution in [-0.2, 0) is 13.0 Å². The van der Waals surface area contributed by atoms with E-state index in [2.05, 4.69) is 32.9 Å². The number of H-pyrrole nitrogens is 1. The maximum Gasteiger partial charge on any atom is 0.106 e. The van der Waals surface area contributed by atoms with Crippen molar-refractivity contribution in [2.75, 3.05) is 26.2 Å². The number of hydrogen-bond donors (Lipinski definition) is 1. The van der Waals surface area contributed by atoms with Crippen molar-refractivity contribution in [2.45, 2.75) is 64.5 Å². The number of aromatic amines is 1. The molecule has 1 saturated carbocycles. The van der Waals surface area contributed by atoms with Gasteiger partial charge in [0.2, 0.25) is 0 Å². The molecule has 0 aromatic carbocycles. The minimum Gasteiger partial charge on any atom is -0.345 e. The fourth-order valence-electron chi connectivity index (χ4n) is 4.46. The number of unbranched alkanes of at least 4 members (excludes halogenated alkanes) is 1. The molecule has 4 heterocycles. The summed E-state index contributed by atoms with van der Waals surface area (Å²) < 4.78 is 0. The van der Waals surface area contributed by atoms with Gasteiger partial charge in [0.15, 0.2) is 0 Å². The molecule has 4 fully saturated rings. The molecule has 0 amide bonds. The van der Waals surface area contributed by atoms with Gasteiger partial charge in [-0.2, -0.15) is 0 Å². The maximum atomic E-state index is 4.57. The third-order valence-corrected chi connectivity index (χ3v) is 5.93. The largest absolute Gasteiger partial charge is 0.345 e. The zero-order valence-corrected chi connectivity index (χ0v) is 14.6. The zero-order chi connectivity index (χ0) is 15.6. The topological polar surface area (TPSA) is 35.2 Å². The van der Waals surface area contributed by atoms with Crippen LogP contribution in [0.3, 0.4) is 0 Å². The molecule has 2 atom stereocenters. The lowest BCUT2D eigenvalue weighted by atomic mass is 9.95. The van der Waals surface area contributed by atoms with E-state index < -0.39 is 0 Å². The highest BCUT2D eigenvalue weighted by atomic mass is 15.3. The molecular formula is C19H32N4. The van der Waals surface area contributed by atoms with Gasteiger partial charge in [0.1, 0.15) is 5.82 Å². The molecule has 0 spiro atoms. The average Bonchev–Trinajstić information content (AvgIpc) is 3.31. The Bertz CT molecular complexity index is 507. The van der Waals surface area contributed by atoms with Crippen molar-refractivity contribution in [2.24, 2.45) is 11.8 Å². The van der Waals surface area contributed by atoms with E-state index in [1.165, 1.54) is 76.2 Å². The van der Waals surface area contributed by atoms with Crippen molar-refractivity contribution in [1.29, 1.82) is 0 Å². The van der Waals surface area contributed by atoms with Gasteiger partial charge in [0.25, 0.3) is 0 Å². The van der Waals surface area contributed by atoms with Crippen LogP contribution in [-0.4, -0.2) is 52.0 Å². The van der Waals surface area contributed by atoms with Crippen molar-refractivity contribution < 1.29 is 0 Å². The molecule has 2 bridgehead atoms. The first-order chi connectivity index (χ1) is 11.3. The predicted molar refractivity (Wildman–Crippen MR) is 93.3 cm³/mol. The van der Waals surface area contributed by atoms with Gasteiger partial charge in [-0.05, 0) is 43.9 Å². The Balaban J connectivity index is 1.35. The smallest absolute Gasteiger partial charge is 0.106 e. The van der Waals surface area contributed by atoms with E-state index in [-0.39, 0.29) is 0 Å². The van der Waals surface area contributed by atoms with Gasteiger partial charge >= 0.3 is 0 Å². The van der Waals surface area contributed by atoms with E-state index in [9.17, 15) is 0 Å². The van der Waals surface area contributed by atoms with Gasteiger partial charge in [-0.3, -0.25) is 9.80 Å². The second kappa shape index (κ2) is 6.94. The van der Waals surface area contributed by atoms with Gasteiger partial charge in [-0.15, -0.1) is 0 Å². The van der Waals surface area contributed by atoms with Crippen LogP contribution in [0.2, 0.25) is 0 Å². The minimum absolute atomic E-state index is 0.803. The lowest BCUT2D eigenvalue weighted by Crippen LogP contribution is -2.44. The Morgan fingerprint density at radius 1 is 1.17 bits per heavy atom. The normalized spacial score (nSPS) is 29.1. The second-order valence-corrected chi connectivity index (χ2v) is 8.15. The maximum absolute atomic E-state index is 4.57. The molecule has 0 radical (unpaired) electrons. The zero-order valence-electron chi connectivity index (χ0n) is 14.6. The average molecular weight is 316 g/mol. The van der Waals surface area contributed by atoms with Crippen LogP contribution in [0, 0.1) is 11.8 Å². The van der Waals surface area contributed by atoms with Crippen LogP contribution in [0.1, 0.15) is 57.0 Å². The number of aryl methyl sites for hydroxylation is 1. The van der Waals surface area contributed by atoms with Crippen molar-refractivity contribution in [1.82, 2.24) is 19.8 Å². The molecule has 5 rings (SSSR count). The van der Waals surface area contributed by atoms with Crippen molar-refractivity contribution >= 4 is 0 Å². The van der Waals surface area contributed by atoms with E-state index in [0.29, 0.717) is 0 Å². The molecule has 4 nitrogen and oxygen atoms in total. The molecule has 128 valence electrons. The Labute approximate surface area is 140 Å². The van der Waals surface area contributed by atoms with E-state index in [0.717, 1.165) is 30.8 Å². The van der Waals surface area contributed by atoms with Crippen LogP contribution in [0.4, 0.5) is 0 Å². The van der Waals surface area contributed by atoms with Crippen molar-refractivity contribution in [3.8, 4) is 0 Å². The lowest BCUT2D eigenvalue weighted by Gasteiger charge is -2.36. The SMILES string of the molecule is CCCCc1ncc(CN2C[C@H]3CC[C@@H](C2)N(CC2CC2)C3)[nH]1. The molecule has 0 unspecified atom stereocenters. The van der Waals surface area contributed by atoms with Crippen LogP contribution >= 0.6 is 0 Å². The van der Waals surface area contributed by atoms with Gasteiger partial charge in [0, 0.05) is 57.1 Å². The fraction of sp³-hybridized carbons (Fsp3) is 0.842. The minimum atomic E-state index is 0.803. The summed E-state index contributed by atoms with van der Waals surface area (Å²) in [5.74, 6) is 3.08. The molecule has 4 aliphatic rings. The number of piperidine rings is 1. The summed E-state index contributed by atoms with van der Waals surface area (Å²) in [6.07, 6.45) is 11.4. The first-order valence-corrected chi connectivity index (χ1v) is 9.79. The molecule has 1 aliphatic carbocycles. The first-order valence-electron chi connectivity index (χ1n) is 9.79. The highest BCUT2D eigenvalue weighted by Gasteiger charge is 2.37. The number of aromatic nitrogens is 2.